The first-order valence-corrected chi connectivity index (χ1v) is 5.16. The van der Waals surface area contributed by atoms with Gasteiger partial charge in [0, 0.05) is 17.1 Å². The fourth-order valence-electron chi connectivity index (χ4n) is 1.15. The summed E-state index contributed by atoms with van der Waals surface area (Å²) in [5.41, 5.74) is 7.40. The average molecular weight is 232 g/mol. The summed E-state index contributed by atoms with van der Waals surface area (Å²) in [6.07, 6.45) is 0. The normalized spacial score (nSPS) is 12.5. The van der Waals surface area contributed by atoms with Crippen molar-refractivity contribution in [2.45, 2.75) is 18.2 Å². The molecule has 0 saturated heterocycles. The minimum absolute atomic E-state index is 0.144. The second-order valence-corrected chi connectivity index (χ2v) is 3.95. The maximum absolute atomic E-state index is 11.6. The lowest BCUT2D eigenvalue weighted by Gasteiger charge is -2.08. The summed E-state index contributed by atoms with van der Waals surface area (Å²) in [5, 5.41) is -0.557. The van der Waals surface area contributed by atoms with E-state index >= 15 is 0 Å². The fourth-order valence-corrected chi connectivity index (χ4v) is 1.50. The summed E-state index contributed by atoms with van der Waals surface area (Å²) >= 11 is 11.4. The van der Waals surface area contributed by atoms with E-state index < -0.39 is 5.38 Å². The van der Waals surface area contributed by atoms with Crippen molar-refractivity contribution in [3.63, 3.8) is 0 Å². The fraction of sp³-hybridized carbons (Fsp3) is 0.300. The number of ketones is 1. The topological polar surface area (TPSA) is 43.1 Å². The Morgan fingerprint density at radius 2 is 2.21 bits per heavy atom. The number of nitrogens with two attached hydrogens (primary N) is 1. The zero-order chi connectivity index (χ0) is 10.7. The standard InChI is InChI=1S/C10H11Cl2NO/c1-6(12)10(14)9-4-8(13)3-2-7(9)5-11/h2-4,6H,5,13H2,1H3. The number of carbonyl (C=O) groups is 1. The van der Waals surface area contributed by atoms with Crippen LogP contribution in [0.2, 0.25) is 0 Å². The Labute approximate surface area is 93.0 Å². The number of benzene rings is 1. The molecule has 2 nitrogen and oxygen atoms in total. The molecule has 0 aliphatic heterocycles. The number of carbonyl (C=O) groups excluding carboxylic acids is 1. The van der Waals surface area contributed by atoms with E-state index in [0.717, 1.165) is 5.56 Å². The summed E-state index contributed by atoms with van der Waals surface area (Å²) in [6, 6.07) is 5.07. The van der Waals surface area contributed by atoms with Crippen LogP contribution in [0.1, 0.15) is 22.8 Å². The van der Waals surface area contributed by atoms with Gasteiger partial charge in [-0.25, -0.2) is 0 Å². The van der Waals surface area contributed by atoms with Crippen LogP contribution in [0.25, 0.3) is 0 Å². The van der Waals surface area contributed by atoms with E-state index in [1.165, 1.54) is 0 Å². The molecule has 0 spiro atoms. The van der Waals surface area contributed by atoms with Gasteiger partial charge in [0.15, 0.2) is 5.78 Å². The van der Waals surface area contributed by atoms with Crippen molar-refractivity contribution in [3.05, 3.63) is 29.3 Å². The van der Waals surface area contributed by atoms with Gasteiger partial charge in [-0.1, -0.05) is 6.07 Å². The van der Waals surface area contributed by atoms with Gasteiger partial charge in [-0.05, 0) is 24.6 Å². The second kappa shape index (κ2) is 4.67. The lowest BCUT2D eigenvalue weighted by molar-refractivity contribution is 0.0991. The molecule has 0 fully saturated rings. The smallest absolute Gasteiger partial charge is 0.180 e. The maximum Gasteiger partial charge on any atom is 0.180 e. The minimum atomic E-state index is -0.557. The van der Waals surface area contributed by atoms with Crippen LogP contribution in [0.15, 0.2) is 18.2 Å². The average Bonchev–Trinajstić information content (AvgIpc) is 2.16. The molecule has 1 aromatic rings. The van der Waals surface area contributed by atoms with Crippen molar-refractivity contribution >= 4 is 34.7 Å². The van der Waals surface area contributed by atoms with Gasteiger partial charge in [-0.15, -0.1) is 23.2 Å². The Bertz CT molecular complexity index is 350. The van der Waals surface area contributed by atoms with Crippen LogP contribution >= 0.6 is 23.2 Å². The summed E-state index contributed by atoms with van der Waals surface area (Å²) in [7, 11) is 0. The van der Waals surface area contributed by atoms with Crippen molar-refractivity contribution in [1.82, 2.24) is 0 Å². The lowest BCUT2D eigenvalue weighted by Crippen LogP contribution is -2.13. The molecule has 14 heavy (non-hydrogen) atoms. The quantitative estimate of drug-likeness (QED) is 0.494. The zero-order valence-electron chi connectivity index (χ0n) is 7.76. The van der Waals surface area contributed by atoms with Gasteiger partial charge in [0.2, 0.25) is 0 Å². The van der Waals surface area contributed by atoms with E-state index in [9.17, 15) is 4.79 Å². The number of halogens is 2. The highest BCUT2D eigenvalue weighted by molar-refractivity contribution is 6.34. The highest BCUT2D eigenvalue weighted by Crippen LogP contribution is 2.18. The van der Waals surface area contributed by atoms with Crippen LogP contribution in [0.4, 0.5) is 5.69 Å². The number of nitrogen functional groups attached to an aromatic ring is 1. The number of rotatable bonds is 3. The molecule has 4 heteroatoms. The van der Waals surface area contributed by atoms with Crippen molar-refractivity contribution in [3.8, 4) is 0 Å². The molecule has 0 amide bonds. The van der Waals surface area contributed by atoms with Crippen molar-refractivity contribution < 1.29 is 4.79 Å². The van der Waals surface area contributed by atoms with Crippen LogP contribution < -0.4 is 5.73 Å². The molecule has 76 valence electrons. The highest BCUT2D eigenvalue weighted by atomic mass is 35.5. The maximum atomic E-state index is 11.6. The van der Waals surface area contributed by atoms with Gasteiger partial charge in [0.1, 0.15) is 0 Å². The van der Waals surface area contributed by atoms with E-state index in [0.29, 0.717) is 11.3 Å². The number of Topliss-reactive ketones (excluding diaryl/α,β-unsaturated/α-hetero) is 1. The summed E-state index contributed by atoms with van der Waals surface area (Å²) in [4.78, 5) is 11.6. The van der Waals surface area contributed by atoms with Gasteiger partial charge < -0.3 is 5.73 Å². The van der Waals surface area contributed by atoms with Gasteiger partial charge in [0.05, 0.1) is 5.38 Å². The van der Waals surface area contributed by atoms with E-state index in [1.807, 2.05) is 0 Å². The van der Waals surface area contributed by atoms with Gasteiger partial charge in [-0.2, -0.15) is 0 Å². The first-order valence-electron chi connectivity index (χ1n) is 4.19. The molecule has 1 rings (SSSR count). The van der Waals surface area contributed by atoms with Crippen LogP contribution in [0, 0.1) is 0 Å². The molecule has 1 aromatic carbocycles. The Morgan fingerprint density at radius 3 is 2.71 bits per heavy atom. The lowest BCUT2D eigenvalue weighted by atomic mass is 10.0. The van der Waals surface area contributed by atoms with Gasteiger partial charge in [0.25, 0.3) is 0 Å². The van der Waals surface area contributed by atoms with Crippen molar-refractivity contribution in [2.75, 3.05) is 5.73 Å². The van der Waals surface area contributed by atoms with E-state index in [4.69, 9.17) is 28.9 Å². The Hall–Kier alpha value is -0.730. The molecule has 0 heterocycles. The molecule has 0 bridgehead atoms. The minimum Gasteiger partial charge on any atom is -0.399 e. The molecule has 0 aliphatic carbocycles. The molecule has 0 saturated carbocycles. The second-order valence-electron chi connectivity index (χ2n) is 3.03. The van der Waals surface area contributed by atoms with Crippen LogP contribution in [-0.4, -0.2) is 11.2 Å². The summed E-state index contributed by atoms with van der Waals surface area (Å²) in [6.45, 7) is 1.63. The third kappa shape index (κ3) is 2.40. The van der Waals surface area contributed by atoms with Crippen molar-refractivity contribution in [2.24, 2.45) is 0 Å². The van der Waals surface area contributed by atoms with E-state index in [-0.39, 0.29) is 11.7 Å². The number of hydrogen-bond donors (Lipinski definition) is 1. The predicted molar refractivity (Wildman–Crippen MR) is 60.1 cm³/mol. The molecule has 1 atom stereocenters. The summed E-state index contributed by atoms with van der Waals surface area (Å²) < 4.78 is 0. The zero-order valence-corrected chi connectivity index (χ0v) is 9.27. The predicted octanol–water partition coefficient (Wildman–Crippen LogP) is 2.82. The number of hydrogen-bond acceptors (Lipinski definition) is 2. The molecule has 0 aromatic heterocycles. The van der Waals surface area contributed by atoms with E-state index in [1.54, 1.807) is 25.1 Å². The molecule has 0 radical (unpaired) electrons. The van der Waals surface area contributed by atoms with Gasteiger partial charge >= 0.3 is 0 Å². The van der Waals surface area contributed by atoms with Crippen LogP contribution in [0.5, 0.6) is 0 Å². The summed E-state index contributed by atoms with van der Waals surface area (Å²) in [5.74, 6) is 0.139. The molecule has 0 aliphatic rings. The number of anilines is 1. The Kier molecular flexibility index (Phi) is 3.78. The molecule has 2 N–H and O–H groups in total. The SMILES string of the molecule is CC(Cl)C(=O)c1cc(N)ccc1CCl. The molecular formula is C10H11Cl2NO. The first kappa shape index (κ1) is 11.3. The molecule has 1 unspecified atom stereocenters. The van der Waals surface area contributed by atoms with Crippen molar-refractivity contribution in [1.29, 1.82) is 0 Å². The third-order valence-corrected chi connectivity index (χ3v) is 2.39. The van der Waals surface area contributed by atoms with E-state index in [2.05, 4.69) is 0 Å². The van der Waals surface area contributed by atoms with Crippen LogP contribution in [-0.2, 0) is 5.88 Å². The Morgan fingerprint density at radius 1 is 1.57 bits per heavy atom. The Balaban J connectivity index is 3.17. The van der Waals surface area contributed by atoms with Crippen LogP contribution in [0.3, 0.4) is 0 Å². The highest BCUT2D eigenvalue weighted by Gasteiger charge is 2.15. The number of alkyl halides is 2. The molecular weight excluding hydrogens is 221 g/mol. The van der Waals surface area contributed by atoms with Gasteiger partial charge in [-0.3, -0.25) is 4.79 Å². The third-order valence-electron chi connectivity index (χ3n) is 1.90. The monoisotopic (exact) mass is 231 g/mol. The first-order chi connectivity index (χ1) is 6.56. The largest absolute Gasteiger partial charge is 0.399 e.